The van der Waals surface area contributed by atoms with Crippen molar-refractivity contribution in [2.45, 2.75) is 32.7 Å². The standard InChI is InChI=1S/C20H30N2O3/c1-15(2)21-8-7-17-11-22(13-20(17,12-21)14-23)19(24)10-16-5-4-6-18(9-16)25-3/h4-6,9,15,17,23H,7-8,10-14H2,1-3H3/t17-,20+/m1/s1. The third kappa shape index (κ3) is 3.67. The Morgan fingerprint density at radius 1 is 1.40 bits per heavy atom. The SMILES string of the molecule is COc1cccc(CC(=O)N2C[C@H]3CCN(C(C)C)C[C@@]3(CO)C2)c1. The number of carbonyl (C=O) groups is 1. The highest BCUT2D eigenvalue weighted by molar-refractivity contribution is 5.79. The molecule has 1 N–H and O–H groups in total. The molecule has 2 atom stereocenters. The smallest absolute Gasteiger partial charge is 0.227 e. The van der Waals surface area contributed by atoms with Crippen LogP contribution in [0.25, 0.3) is 0 Å². The summed E-state index contributed by atoms with van der Waals surface area (Å²) in [5.74, 6) is 1.33. The maximum Gasteiger partial charge on any atom is 0.227 e. The Bertz CT molecular complexity index is 619. The molecule has 0 radical (unpaired) electrons. The highest BCUT2D eigenvalue weighted by atomic mass is 16.5. The number of piperidine rings is 1. The first-order valence-corrected chi connectivity index (χ1v) is 9.23. The van der Waals surface area contributed by atoms with Crippen molar-refractivity contribution in [3.63, 3.8) is 0 Å². The number of methoxy groups -OCH3 is 1. The molecule has 2 saturated heterocycles. The molecule has 138 valence electrons. The molecule has 5 nitrogen and oxygen atoms in total. The van der Waals surface area contributed by atoms with Crippen LogP contribution in [0, 0.1) is 11.3 Å². The second kappa shape index (κ2) is 7.34. The van der Waals surface area contributed by atoms with E-state index in [0.717, 1.165) is 37.4 Å². The third-order valence-electron chi connectivity index (χ3n) is 5.98. The van der Waals surface area contributed by atoms with E-state index < -0.39 is 0 Å². The van der Waals surface area contributed by atoms with Crippen molar-refractivity contribution in [3.8, 4) is 5.75 Å². The summed E-state index contributed by atoms with van der Waals surface area (Å²) in [7, 11) is 1.64. The molecule has 2 aliphatic rings. The summed E-state index contributed by atoms with van der Waals surface area (Å²) in [4.78, 5) is 17.2. The number of likely N-dealkylation sites (tertiary alicyclic amines) is 2. The molecule has 0 aliphatic carbocycles. The Morgan fingerprint density at radius 2 is 2.20 bits per heavy atom. The quantitative estimate of drug-likeness (QED) is 0.883. The van der Waals surface area contributed by atoms with Crippen molar-refractivity contribution in [2.24, 2.45) is 11.3 Å². The van der Waals surface area contributed by atoms with Crippen molar-refractivity contribution in [2.75, 3.05) is 39.9 Å². The first-order valence-electron chi connectivity index (χ1n) is 9.23. The van der Waals surface area contributed by atoms with Crippen LogP contribution in [0.3, 0.4) is 0 Å². The Morgan fingerprint density at radius 3 is 2.88 bits per heavy atom. The first-order chi connectivity index (χ1) is 12.0. The lowest BCUT2D eigenvalue weighted by Crippen LogP contribution is -2.52. The molecule has 0 spiro atoms. The molecule has 2 heterocycles. The van der Waals surface area contributed by atoms with Gasteiger partial charge in [-0.05, 0) is 50.4 Å². The Kier molecular flexibility index (Phi) is 5.35. The summed E-state index contributed by atoms with van der Waals surface area (Å²) in [6.07, 6.45) is 1.45. The summed E-state index contributed by atoms with van der Waals surface area (Å²) in [6, 6.07) is 8.17. The van der Waals surface area contributed by atoms with Crippen LogP contribution in [0.15, 0.2) is 24.3 Å². The fourth-order valence-corrected chi connectivity index (χ4v) is 4.34. The number of carbonyl (C=O) groups excluding carboxylic acids is 1. The molecule has 0 aromatic heterocycles. The molecule has 0 bridgehead atoms. The summed E-state index contributed by atoms with van der Waals surface area (Å²) >= 11 is 0. The van der Waals surface area contributed by atoms with Gasteiger partial charge in [0, 0.05) is 31.1 Å². The van der Waals surface area contributed by atoms with Gasteiger partial charge in [0.05, 0.1) is 20.1 Å². The van der Waals surface area contributed by atoms with Gasteiger partial charge in [0.1, 0.15) is 5.75 Å². The van der Waals surface area contributed by atoms with Crippen LogP contribution in [-0.4, -0.2) is 66.8 Å². The van der Waals surface area contributed by atoms with E-state index in [-0.39, 0.29) is 17.9 Å². The average Bonchev–Trinajstić information content (AvgIpc) is 3.01. The molecule has 5 heteroatoms. The largest absolute Gasteiger partial charge is 0.497 e. The normalized spacial score (nSPS) is 26.8. The van der Waals surface area contributed by atoms with E-state index in [1.165, 1.54) is 0 Å². The highest BCUT2D eigenvalue weighted by Gasteiger charge is 2.50. The van der Waals surface area contributed by atoms with E-state index in [9.17, 15) is 9.90 Å². The first kappa shape index (κ1) is 18.2. The van der Waals surface area contributed by atoms with Gasteiger partial charge in [-0.15, -0.1) is 0 Å². The van der Waals surface area contributed by atoms with Crippen molar-refractivity contribution < 1.29 is 14.6 Å². The average molecular weight is 346 g/mol. The molecular formula is C20H30N2O3. The summed E-state index contributed by atoms with van der Waals surface area (Å²) in [6.45, 7) is 7.94. The Balaban J connectivity index is 1.69. The maximum atomic E-state index is 12.8. The van der Waals surface area contributed by atoms with Crippen molar-refractivity contribution in [3.05, 3.63) is 29.8 Å². The topological polar surface area (TPSA) is 53.0 Å². The maximum absolute atomic E-state index is 12.8. The zero-order chi connectivity index (χ0) is 18.0. The summed E-state index contributed by atoms with van der Waals surface area (Å²) < 4.78 is 5.24. The van der Waals surface area contributed by atoms with E-state index in [1.807, 2.05) is 29.2 Å². The number of hydrogen-bond acceptors (Lipinski definition) is 4. The van der Waals surface area contributed by atoms with Gasteiger partial charge in [-0.25, -0.2) is 0 Å². The molecule has 0 unspecified atom stereocenters. The van der Waals surface area contributed by atoms with Gasteiger partial charge in [-0.2, -0.15) is 0 Å². The van der Waals surface area contributed by atoms with Crippen molar-refractivity contribution in [1.82, 2.24) is 9.80 Å². The summed E-state index contributed by atoms with van der Waals surface area (Å²) in [5, 5.41) is 10.1. The molecule has 1 aromatic rings. The van der Waals surface area contributed by atoms with E-state index in [4.69, 9.17) is 4.74 Å². The minimum absolute atomic E-state index is 0.145. The van der Waals surface area contributed by atoms with Gasteiger partial charge in [0.15, 0.2) is 0 Å². The van der Waals surface area contributed by atoms with E-state index >= 15 is 0 Å². The minimum Gasteiger partial charge on any atom is -0.497 e. The molecule has 2 fully saturated rings. The van der Waals surface area contributed by atoms with Gasteiger partial charge >= 0.3 is 0 Å². The van der Waals surface area contributed by atoms with E-state index in [2.05, 4.69) is 18.7 Å². The number of hydrogen-bond donors (Lipinski definition) is 1. The number of fused-ring (bicyclic) bond motifs is 1. The molecular weight excluding hydrogens is 316 g/mol. The second-order valence-corrected chi connectivity index (χ2v) is 7.87. The number of aliphatic hydroxyl groups excluding tert-OH is 1. The van der Waals surface area contributed by atoms with Gasteiger partial charge in [0.2, 0.25) is 5.91 Å². The van der Waals surface area contributed by atoms with Crippen LogP contribution < -0.4 is 4.74 Å². The predicted octanol–water partition coefficient (Wildman–Crippen LogP) is 1.79. The number of nitrogens with zero attached hydrogens (tertiary/aromatic N) is 2. The number of benzene rings is 1. The molecule has 1 aromatic carbocycles. The molecule has 1 amide bonds. The van der Waals surface area contributed by atoms with Crippen LogP contribution in [0.1, 0.15) is 25.8 Å². The summed E-state index contributed by atoms with van der Waals surface area (Å²) in [5.41, 5.74) is 0.813. The molecule has 3 rings (SSSR count). The lowest BCUT2D eigenvalue weighted by Gasteiger charge is -2.44. The van der Waals surface area contributed by atoms with Crippen LogP contribution in [0.2, 0.25) is 0 Å². The van der Waals surface area contributed by atoms with Gasteiger partial charge in [0.25, 0.3) is 0 Å². The van der Waals surface area contributed by atoms with Crippen LogP contribution in [0.5, 0.6) is 5.75 Å². The van der Waals surface area contributed by atoms with Gasteiger partial charge in [-0.1, -0.05) is 12.1 Å². The van der Waals surface area contributed by atoms with Gasteiger partial charge in [-0.3, -0.25) is 4.79 Å². The van der Waals surface area contributed by atoms with E-state index in [0.29, 0.717) is 24.9 Å². The number of amides is 1. The Labute approximate surface area is 150 Å². The van der Waals surface area contributed by atoms with Crippen LogP contribution in [0.4, 0.5) is 0 Å². The highest BCUT2D eigenvalue weighted by Crippen LogP contribution is 2.42. The fourth-order valence-electron chi connectivity index (χ4n) is 4.34. The predicted molar refractivity (Wildman–Crippen MR) is 97.6 cm³/mol. The van der Waals surface area contributed by atoms with Gasteiger partial charge < -0.3 is 19.6 Å². The number of ether oxygens (including phenoxy) is 1. The zero-order valence-corrected chi connectivity index (χ0v) is 15.6. The molecule has 25 heavy (non-hydrogen) atoms. The number of aliphatic hydroxyl groups is 1. The second-order valence-electron chi connectivity index (χ2n) is 7.87. The Hall–Kier alpha value is -1.59. The van der Waals surface area contributed by atoms with Crippen molar-refractivity contribution >= 4 is 5.91 Å². The minimum atomic E-state index is -0.160. The lowest BCUT2D eigenvalue weighted by atomic mass is 9.73. The van der Waals surface area contributed by atoms with Crippen LogP contribution in [-0.2, 0) is 11.2 Å². The molecule has 2 aliphatic heterocycles. The monoisotopic (exact) mass is 346 g/mol. The van der Waals surface area contributed by atoms with Crippen molar-refractivity contribution in [1.29, 1.82) is 0 Å². The lowest BCUT2D eigenvalue weighted by molar-refractivity contribution is -0.130. The molecule has 0 saturated carbocycles. The fraction of sp³-hybridized carbons (Fsp3) is 0.650. The van der Waals surface area contributed by atoms with Crippen LogP contribution >= 0.6 is 0 Å². The third-order valence-corrected chi connectivity index (χ3v) is 5.98. The van der Waals surface area contributed by atoms with E-state index in [1.54, 1.807) is 7.11 Å². The zero-order valence-electron chi connectivity index (χ0n) is 15.6. The number of rotatable bonds is 5.